The highest BCUT2D eigenvalue weighted by atomic mass is 16.5. The maximum atomic E-state index is 5.64. The smallest absolute Gasteiger partial charge is 0.233 e. The third-order valence-corrected chi connectivity index (χ3v) is 2.10. The number of anilines is 1. The Morgan fingerprint density at radius 2 is 2.33 bits per heavy atom. The van der Waals surface area contributed by atoms with Gasteiger partial charge in [0.15, 0.2) is 0 Å². The molecule has 5 nitrogen and oxygen atoms in total. The minimum atomic E-state index is 0.247. The molecule has 0 aromatic carbocycles. The highest BCUT2D eigenvalue weighted by Gasteiger charge is 2.06. The molecular weight excluding hydrogens is 192 g/mol. The summed E-state index contributed by atoms with van der Waals surface area (Å²) in [6.45, 7) is 2.72. The number of nitrogens with zero attached hydrogens (tertiary/aromatic N) is 2. The summed E-state index contributed by atoms with van der Waals surface area (Å²) in [5.74, 6) is 1.21. The molecule has 1 atom stereocenters. The number of nitrogens with two attached hydrogens (primary N) is 1. The maximum absolute atomic E-state index is 5.64. The van der Waals surface area contributed by atoms with Gasteiger partial charge in [-0.25, -0.2) is 0 Å². The van der Waals surface area contributed by atoms with Crippen LogP contribution in [0.5, 0.6) is 5.88 Å². The van der Waals surface area contributed by atoms with Crippen molar-refractivity contribution in [3.05, 3.63) is 12.4 Å². The van der Waals surface area contributed by atoms with E-state index in [9.17, 15) is 0 Å². The first-order valence-electron chi connectivity index (χ1n) is 5.12. The molecule has 1 aromatic heterocycles. The number of rotatable bonds is 6. The molecule has 0 amide bonds. The fraction of sp³-hybridized carbons (Fsp3) is 0.600. The monoisotopic (exact) mass is 210 g/mol. The van der Waals surface area contributed by atoms with E-state index >= 15 is 0 Å². The second-order valence-electron chi connectivity index (χ2n) is 3.31. The van der Waals surface area contributed by atoms with Crippen molar-refractivity contribution in [2.45, 2.75) is 25.8 Å². The molecule has 0 aliphatic rings. The number of aromatic nitrogens is 2. The molecule has 5 heteroatoms. The van der Waals surface area contributed by atoms with Gasteiger partial charge < -0.3 is 15.8 Å². The predicted octanol–water partition coefficient (Wildman–Crippen LogP) is 1.02. The van der Waals surface area contributed by atoms with Gasteiger partial charge in [-0.2, -0.15) is 4.98 Å². The fourth-order valence-corrected chi connectivity index (χ4v) is 1.32. The molecule has 1 aromatic rings. The SMILES string of the molecule is CCCC(CN)Nc1cncc(OC)n1. The van der Waals surface area contributed by atoms with Crippen LogP contribution in [0.25, 0.3) is 0 Å². The zero-order valence-electron chi connectivity index (χ0n) is 9.23. The molecule has 0 saturated carbocycles. The van der Waals surface area contributed by atoms with Crippen LogP contribution in [0.1, 0.15) is 19.8 Å². The van der Waals surface area contributed by atoms with E-state index in [0.29, 0.717) is 18.2 Å². The topological polar surface area (TPSA) is 73.1 Å². The van der Waals surface area contributed by atoms with Crippen molar-refractivity contribution in [2.24, 2.45) is 5.73 Å². The number of ether oxygens (including phenoxy) is 1. The second kappa shape index (κ2) is 6.19. The minimum Gasteiger partial charge on any atom is -0.480 e. The van der Waals surface area contributed by atoms with Crippen molar-refractivity contribution in [3.63, 3.8) is 0 Å². The van der Waals surface area contributed by atoms with Crippen molar-refractivity contribution in [1.82, 2.24) is 9.97 Å². The van der Waals surface area contributed by atoms with E-state index < -0.39 is 0 Å². The van der Waals surface area contributed by atoms with Crippen LogP contribution < -0.4 is 15.8 Å². The molecule has 15 heavy (non-hydrogen) atoms. The first-order valence-corrected chi connectivity index (χ1v) is 5.12. The zero-order valence-corrected chi connectivity index (χ0v) is 9.23. The molecular formula is C10H18N4O. The van der Waals surface area contributed by atoms with Gasteiger partial charge in [0, 0.05) is 12.6 Å². The summed E-state index contributed by atoms with van der Waals surface area (Å²) in [4.78, 5) is 8.22. The molecule has 0 aliphatic heterocycles. The lowest BCUT2D eigenvalue weighted by Gasteiger charge is -2.16. The second-order valence-corrected chi connectivity index (χ2v) is 3.31. The van der Waals surface area contributed by atoms with Crippen LogP contribution in [0, 0.1) is 0 Å². The van der Waals surface area contributed by atoms with Crippen molar-refractivity contribution < 1.29 is 4.74 Å². The first kappa shape index (κ1) is 11.7. The number of methoxy groups -OCH3 is 1. The standard InChI is InChI=1S/C10H18N4O/c1-3-4-8(5-11)13-9-6-12-7-10(14-9)15-2/h6-8H,3-5,11H2,1-2H3,(H,13,14). The van der Waals surface area contributed by atoms with Gasteiger partial charge in [0.25, 0.3) is 0 Å². The first-order chi connectivity index (χ1) is 7.30. The van der Waals surface area contributed by atoms with Crippen LogP contribution in [0.2, 0.25) is 0 Å². The van der Waals surface area contributed by atoms with Gasteiger partial charge in [-0.05, 0) is 6.42 Å². The molecule has 0 aliphatic carbocycles. The zero-order chi connectivity index (χ0) is 11.1. The molecule has 0 spiro atoms. The van der Waals surface area contributed by atoms with Gasteiger partial charge in [-0.1, -0.05) is 13.3 Å². The van der Waals surface area contributed by atoms with Crippen LogP contribution >= 0.6 is 0 Å². The van der Waals surface area contributed by atoms with E-state index in [4.69, 9.17) is 10.5 Å². The Bertz CT molecular complexity index is 293. The van der Waals surface area contributed by atoms with E-state index in [0.717, 1.165) is 12.8 Å². The van der Waals surface area contributed by atoms with Gasteiger partial charge in [-0.3, -0.25) is 4.98 Å². The van der Waals surface area contributed by atoms with E-state index in [1.54, 1.807) is 19.5 Å². The van der Waals surface area contributed by atoms with E-state index in [1.165, 1.54) is 0 Å². The number of hydrogen-bond donors (Lipinski definition) is 2. The summed E-state index contributed by atoms with van der Waals surface area (Å²) >= 11 is 0. The van der Waals surface area contributed by atoms with Crippen molar-refractivity contribution in [2.75, 3.05) is 19.0 Å². The maximum Gasteiger partial charge on any atom is 0.233 e. The minimum absolute atomic E-state index is 0.247. The van der Waals surface area contributed by atoms with Crippen LogP contribution in [-0.2, 0) is 0 Å². The summed E-state index contributed by atoms with van der Waals surface area (Å²) in [6, 6.07) is 0.247. The Hall–Kier alpha value is -1.36. The van der Waals surface area contributed by atoms with E-state index in [2.05, 4.69) is 22.2 Å². The third kappa shape index (κ3) is 3.71. The van der Waals surface area contributed by atoms with Crippen LogP contribution in [0.15, 0.2) is 12.4 Å². The van der Waals surface area contributed by atoms with E-state index in [1.807, 2.05) is 0 Å². The van der Waals surface area contributed by atoms with Gasteiger partial charge in [0.05, 0.1) is 19.5 Å². The molecule has 1 unspecified atom stereocenters. The Morgan fingerprint density at radius 3 is 2.93 bits per heavy atom. The van der Waals surface area contributed by atoms with Gasteiger partial charge in [-0.15, -0.1) is 0 Å². The molecule has 0 bridgehead atoms. The molecule has 1 rings (SSSR count). The average Bonchev–Trinajstić information content (AvgIpc) is 2.29. The van der Waals surface area contributed by atoms with Crippen LogP contribution in [0.4, 0.5) is 5.82 Å². The average molecular weight is 210 g/mol. The summed E-state index contributed by atoms with van der Waals surface area (Å²) in [7, 11) is 1.57. The highest BCUT2D eigenvalue weighted by Crippen LogP contribution is 2.10. The van der Waals surface area contributed by atoms with Gasteiger partial charge >= 0.3 is 0 Å². The Balaban J connectivity index is 2.61. The van der Waals surface area contributed by atoms with Gasteiger partial charge in [0.1, 0.15) is 5.82 Å². The number of hydrogen-bond acceptors (Lipinski definition) is 5. The molecule has 0 saturated heterocycles. The predicted molar refractivity (Wildman–Crippen MR) is 60.0 cm³/mol. The summed E-state index contributed by atoms with van der Waals surface area (Å²) in [5, 5.41) is 3.23. The lowest BCUT2D eigenvalue weighted by molar-refractivity contribution is 0.396. The number of nitrogens with one attached hydrogen (secondary N) is 1. The molecule has 3 N–H and O–H groups in total. The van der Waals surface area contributed by atoms with Crippen LogP contribution in [-0.4, -0.2) is 29.7 Å². The van der Waals surface area contributed by atoms with E-state index in [-0.39, 0.29) is 6.04 Å². The Labute approximate surface area is 90.1 Å². The van der Waals surface area contributed by atoms with Crippen molar-refractivity contribution in [1.29, 1.82) is 0 Å². The third-order valence-electron chi connectivity index (χ3n) is 2.10. The Kier molecular flexibility index (Phi) is 4.83. The summed E-state index contributed by atoms with van der Waals surface area (Å²) in [6.07, 6.45) is 5.35. The highest BCUT2D eigenvalue weighted by molar-refractivity contribution is 5.34. The normalized spacial score (nSPS) is 12.2. The molecule has 84 valence electrons. The lowest BCUT2D eigenvalue weighted by Crippen LogP contribution is -2.29. The lowest BCUT2D eigenvalue weighted by atomic mass is 10.2. The summed E-state index contributed by atoms with van der Waals surface area (Å²) in [5.41, 5.74) is 5.64. The quantitative estimate of drug-likeness (QED) is 0.733. The Morgan fingerprint density at radius 1 is 1.53 bits per heavy atom. The summed E-state index contributed by atoms with van der Waals surface area (Å²) < 4.78 is 4.99. The largest absolute Gasteiger partial charge is 0.480 e. The molecule has 0 fully saturated rings. The van der Waals surface area contributed by atoms with Crippen molar-refractivity contribution >= 4 is 5.82 Å². The van der Waals surface area contributed by atoms with Crippen molar-refractivity contribution in [3.8, 4) is 5.88 Å². The van der Waals surface area contributed by atoms with Gasteiger partial charge in [0.2, 0.25) is 5.88 Å². The van der Waals surface area contributed by atoms with Crippen LogP contribution in [0.3, 0.4) is 0 Å². The molecule has 0 radical (unpaired) electrons. The fourth-order valence-electron chi connectivity index (χ4n) is 1.32. The molecule has 1 heterocycles.